The van der Waals surface area contributed by atoms with Crippen molar-refractivity contribution in [1.82, 2.24) is 5.32 Å². The van der Waals surface area contributed by atoms with Gasteiger partial charge in [-0.3, -0.25) is 0 Å². The van der Waals surface area contributed by atoms with E-state index in [2.05, 4.69) is 44.3 Å². The van der Waals surface area contributed by atoms with E-state index in [-0.39, 0.29) is 0 Å². The van der Waals surface area contributed by atoms with Gasteiger partial charge in [-0.15, -0.1) is 0 Å². The Bertz CT molecular complexity index is 389. The van der Waals surface area contributed by atoms with Gasteiger partial charge in [-0.1, -0.05) is 57.6 Å². The second-order valence-corrected chi connectivity index (χ2v) is 6.01. The molecule has 1 unspecified atom stereocenters. The molecule has 0 heterocycles. The van der Waals surface area contributed by atoms with Gasteiger partial charge in [0.2, 0.25) is 0 Å². The van der Waals surface area contributed by atoms with Crippen LogP contribution in [0.15, 0.2) is 18.2 Å². The van der Waals surface area contributed by atoms with Gasteiger partial charge in [0, 0.05) is 6.04 Å². The molecular formula is C19H33NO. The van der Waals surface area contributed by atoms with E-state index in [1.54, 1.807) is 0 Å². The Balaban J connectivity index is 2.23. The summed E-state index contributed by atoms with van der Waals surface area (Å²) >= 11 is 0. The molecule has 0 aliphatic carbocycles. The predicted molar refractivity (Wildman–Crippen MR) is 92.1 cm³/mol. The van der Waals surface area contributed by atoms with Crippen LogP contribution in [0, 0.1) is 6.92 Å². The van der Waals surface area contributed by atoms with Crippen LogP contribution in [0.1, 0.15) is 76.0 Å². The lowest BCUT2D eigenvalue weighted by Crippen LogP contribution is -2.12. The van der Waals surface area contributed by atoms with Crippen molar-refractivity contribution >= 4 is 0 Å². The zero-order valence-electron chi connectivity index (χ0n) is 14.4. The molecular weight excluding hydrogens is 258 g/mol. The minimum atomic E-state index is 0.390. The number of ether oxygens (including phenoxy) is 1. The van der Waals surface area contributed by atoms with E-state index < -0.39 is 0 Å². The number of hydrogen-bond donors (Lipinski definition) is 1. The lowest BCUT2D eigenvalue weighted by atomic mass is 10.1. The first kappa shape index (κ1) is 18.0. The molecule has 1 aromatic rings. The van der Waals surface area contributed by atoms with Crippen molar-refractivity contribution in [2.45, 2.75) is 71.8 Å². The summed E-state index contributed by atoms with van der Waals surface area (Å²) in [6.45, 7) is 7.41. The summed E-state index contributed by atoms with van der Waals surface area (Å²) in [6.07, 6.45) is 9.28. The normalized spacial score (nSPS) is 12.4. The Kier molecular flexibility index (Phi) is 9.16. The minimum absolute atomic E-state index is 0.390. The average molecular weight is 291 g/mol. The Hall–Kier alpha value is -1.02. The second-order valence-electron chi connectivity index (χ2n) is 6.01. The highest BCUT2D eigenvalue weighted by Gasteiger charge is 2.05. The molecule has 0 fully saturated rings. The number of hydrogen-bond acceptors (Lipinski definition) is 2. The average Bonchev–Trinajstić information content (AvgIpc) is 2.50. The van der Waals surface area contributed by atoms with Crippen molar-refractivity contribution < 1.29 is 4.74 Å². The van der Waals surface area contributed by atoms with Crippen molar-refractivity contribution in [3.8, 4) is 5.75 Å². The first-order valence-electron chi connectivity index (χ1n) is 8.59. The smallest absolute Gasteiger partial charge is 0.122 e. The summed E-state index contributed by atoms with van der Waals surface area (Å²) in [5.41, 5.74) is 2.55. The van der Waals surface area contributed by atoms with Gasteiger partial charge < -0.3 is 10.1 Å². The summed E-state index contributed by atoms with van der Waals surface area (Å²) in [4.78, 5) is 0. The molecule has 2 nitrogen and oxygen atoms in total. The van der Waals surface area contributed by atoms with Crippen LogP contribution in [0.5, 0.6) is 5.75 Å². The maximum Gasteiger partial charge on any atom is 0.122 e. The minimum Gasteiger partial charge on any atom is -0.493 e. The summed E-state index contributed by atoms with van der Waals surface area (Å²) in [5.74, 6) is 1.04. The summed E-state index contributed by atoms with van der Waals surface area (Å²) in [6, 6.07) is 6.88. The van der Waals surface area contributed by atoms with Crippen LogP contribution in [-0.4, -0.2) is 13.7 Å². The van der Waals surface area contributed by atoms with E-state index in [1.165, 1.54) is 56.1 Å². The molecule has 120 valence electrons. The first-order chi connectivity index (χ1) is 10.2. The zero-order valence-corrected chi connectivity index (χ0v) is 14.4. The molecule has 2 heteroatoms. The van der Waals surface area contributed by atoms with Gasteiger partial charge in [-0.05, 0) is 44.5 Å². The Morgan fingerprint density at radius 2 is 1.71 bits per heavy atom. The van der Waals surface area contributed by atoms with Gasteiger partial charge >= 0.3 is 0 Å². The third-order valence-corrected chi connectivity index (χ3v) is 4.14. The van der Waals surface area contributed by atoms with Crippen molar-refractivity contribution in [1.29, 1.82) is 0 Å². The van der Waals surface area contributed by atoms with E-state index in [4.69, 9.17) is 4.74 Å². The molecule has 1 rings (SSSR count). The Morgan fingerprint density at radius 3 is 2.33 bits per heavy atom. The van der Waals surface area contributed by atoms with Crippen LogP contribution >= 0.6 is 0 Å². The van der Waals surface area contributed by atoms with E-state index >= 15 is 0 Å². The number of rotatable bonds is 11. The quantitative estimate of drug-likeness (QED) is 0.551. The van der Waals surface area contributed by atoms with Gasteiger partial charge in [0.1, 0.15) is 5.75 Å². The van der Waals surface area contributed by atoms with Gasteiger partial charge in [0.05, 0.1) is 6.61 Å². The lowest BCUT2D eigenvalue weighted by Gasteiger charge is -2.14. The maximum absolute atomic E-state index is 5.91. The number of aryl methyl sites for hydroxylation is 1. The summed E-state index contributed by atoms with van der Waals surface area (Å²) in [7, 11) is 1.99. The molecule has 0 bridgehead atoms. The molecule has 0 radical (unpaired) electrons. The topological polar surface area (TPSA) is 21.3 Å². The molecule has 1 aromatic carbocycles. The van der Waals surface area contributed by atoms with Crippen molar-refractivity contribution in [2.75, 3.05) is 13.7 Å². The van der Waals surface area contributed by atoms with Gasteiger partial charge in [-0.25, -0.2) is 0 Å². The van der Waals surface area contributed by atoms with E-state index in [9.17, 15) is 0 Å². The van der Waals surface area contributed by atoms with Crippen LogP contribution in [0.2, 0.25) is 0 Å². The highest BCUT2D eigenvalue weighted by molar-refractivity contribution is 5.37. The van der Waals surface area contributed by atoms with Crippen LogP contribution in [0.25, 0.3) is 0 Å². The van der Waals surface area contributed by atoms with E-state index in [0.717, 1.165) is 12.4 Å². The standard InChI is InChI=1S/C19H33NO/c1-5-6-7-8-9-10-11-14-21-19-13-12-18(15-16(19)2)17(3)20-4/h12-13,15,17,20H,5-11,14H2,1-4H3. The molecule has 0 spiro atoms. The second kappa shape index (κ2) is 10.7. The highest BCUT2D eigenvalue weighted by atomic mass is 16.5. The highest BCUT2D eigenvalue weighted by Crippen LogP contribution is 2.23. The third-order valence-electron chi connectivity index (χ3n) is 4.14. The fourth-order valence-corrected chi connectivity index (χ4v) is 2.51. The van der Waals surface area contributed by atoms with Crippen molar-refractivity contribution in [2.24, 2.45) is 0 Å². The third kappa shape index (κ3) is 6.99. The van der Waals surface area contributed by atoms with Crippen molar-refractivity contribution in [3.05, 3.63) is 29.3 Å². The van der Waals surface area contributed by atoms with Crippen LogP contribution < -0.4 is 10.1 Å². The molecule has 21 heavy (non-hydrogen) atoms. The summed E-state index contributed by atoms with van der Waals surface area (Å²) in [5, 5.41) is 3.27. The fraction of sp³-hybridized carbons (Fsp3) is 0.684. The first-order valence-corrected chi connectivity index (χ1v) is 8.59. The summed E-state index contributed by atoms with van der Waals surface area (Å²) < 4.78 is 5.91. The van der Waals surface area contributed by atoms with Gasteiger partial charge in [0.15, 0.2) is 0 Å². The maximum atomic E-state index is 5.91. The number of nitrogens with one attached hydrogen (secondary N) is 1. The molecule has 0 amide bonds. The molecule has 0 aliphatic heterocycles. The predicted octanol–water partition coefficient (Wildman–Crippen LogP) is 5.40. The molecule has 0 saturated heterocycles. The Morgan fingerprint density at radius 1 is 1.05 bits per heavy atom. The zero-order chi connectivity index (χ0) is 15.5. The van der Waals surface area contributed by atoms with E-state index in [0.29, 0.717) is 6.04 Å². The monoisotopic (exact) mass is 291 g/mol. The van der Waals surface area contributed by atoms with E-state index in [1.807, 2.05) is 7.05 Å². The van der Waals surface area contributed by atoms with Crippen LogP contribution in [0.3, 0.4) is 0 Å². The fourth-order valence-electron chi connectivity index (χ4n) is 2.51. The van der Waals surface area contributed by atoms with Crippen molar-refractivity contribution in [3.63, 3.8) is 0 Å². The van der Waals surface area contributed by atoms with Crippen LogP contribution in [-0.2, 0) is 0 Å². The molecule has 1 atom stereocenters. The largest absolute Gasteiger partial charge is 0.493 e. The lowest BCUT2D eigenvalue weighted by molar-refractivity contribution is 0.302. The van der Waals surface area contributed by atoms with Gasteiger partial charge in [0.25, 0.3) is 0 Å². The van der Waals surface area contributed by atoms with Gasteiger partial charge in [-0.2, -0.15) is 0 Å². The molecule has 1 N–H and O–H groups in total. The molecule has 0 aliphatic rings. The number of benzene rings is 1. The number of unbranched alkanes of at least 4 members (excludes halogenated alkanes) is 6. The SMILES string of the molecule is CCCCCCCCCOc1ccc(C(C)NC)cc1C. The molecule has 0 saturated carbocycles. The Labute approximate surface area is 131 Å². The molecule has 0 aromatic heterocycles. The van der Waals surface area contributed by atoms with Crippen LogP contribution in [0.4, 0.5) is 0 Å².